The van der Waals surface area contributed by atoms with Gasteiger partial charge in [0.2, 0.25) is 5.91 Å². The van der Waals surface area contributed by atoms with Crippen molar-refractivity contribution in [3.63, 3.8) is 0 Å². The van der Waals surface area contributed by atoms with E-state index in [-0.39, 0.29) is 24.2 Å². The number of halogens is 2. The quantitative estimate of drug-likeness (QED) is 0.847. The Kier molecular flexibility index (Phi) is 5.45. The van der Waals surface area contributed by atoms with Gasteiger partial charge in [0.1, 0.15) is 24.5 Å². The average Bonchev–Trinajstić information content (AvgIpc) is 3.10. The van der Waals surface area contributed by atoms with Crippen LogP contribution in [0.15, 0.2) is 28.4 Å². The molecule has 2 N–H and O–H groups in total. The second kappa shape index (κ2) is 7.98. The standard InChI is InChI=1S/C19H25F2N5O/c20-15-6-13(7-16(21)8-15)5-12-1-3-17(22-9-12)24-19(27)14-2-4-18-25-23-11-26(18)10-14/h6-8,12,14,17-18,22H,1-5,9-11H2,(H,24,27). The highest BCUT2D eigenvalue weighted by Crippen LogP contribution is 2.27. The van der Waals surface area contributed by atoms with Crippen LogP contribution in [0.2, 0.25) is 0 Å². The first kappa shape index (κ1) is 18.4. The van der Waals surface area contributed by atoms with E-state index >= 15 is 0 Å². The van der Waals surface area contributed by atoms with Crippen LogP contribution < -0.4 is 10.6 Å². The number of piperidine rings is 2. The largest absolute Gasteiger partial charge is 0.340 e. The van der Waals surface area contributed by atoms with E-state index in [0.717, 1.165) is 38.3 Å². The van der Waals surface area contributed by atoms with Gasteiger partial charge in [-0.1, -0.05) is 0 Å². The molecule has 1 aromatic rings. The second-order valence-corrected chi connectivity index (χ2v) is 7.82. The molecule has 2 saturated heterocycles. The van der Waals surface area contributed by atoms with Crippen LogP contribution in [-0.2, 0) is 11.2 Å². The summed E-state index contributed by atoms with van der Waals surface area (Å²) in [4.78, 5) is 14.7. The van der Waals surface area contributed by atoms with E-state index in [1.807, 2.05) is 0 Å². The first-order valence-electron chi connectivity index (χ1n) is 9.66. The third kappa shape index (κ3) is 4.50. The average molecular weight is 377 g/mol. The summed E-state index contributed by atoms with van der Waals surface area (Å²) in [7, 11) is 0. The first-order valence-corrected chi connectivity index (χ1v) is 9.66. The number of benzene rings is 1. The molecular weight excluding hydrogens is 352 g/mol. The van der Waals surface area contributed by atoms with E-state index < -0.39 is 11.6 Å². The van der Waals surface area contributed by atoms with E-state index in [9.17, 15) is 13.6 Å². The molecule has 0 aromatic heterocycles. The number of carbonyl (C=O) groups excluding carboxylic acids is 1. The van der Waals surface area contributed by atoms with Gasteiger partial charge >= 0.3 is 0 Å². The number of hydrogen-bond donors (Lipinski definition) is 2. The number of nitrogens with zero attached hydrogens (tertiary/aromatic N) is 3. The fourth-order valence-corrected chi connectivity index (χ4v) is 4.30. The van der Waals surface area contributed by atoms with Crippen LogP contribution in [0.1, 0.15) is 31.2 Å². The molecule has 1 aromatic carbocycles. The number of carbonyl (C=O) groups is 1. The third-order valence-corrected chi connectivity index (χ3v) is 5.76. The molecule has 6 nitrogen and oxygen atoms in total. The number of rotatable bonds is 4. The fraction of sp³-hybridized carbons (Fsp3) is 0.632. The van der Waals surface area contributed by atoms with Crippen molar-refractivity contribution in [2.45, 2.75) is 44.4 Å². The molecule has 1 amide bonds. The summed E-state index contributed by atoms with van der Waals surface area (Å²) < 4.78 is 26.7. The van der Waals surface area contributed by atoms with Gasteiger partial charge in [0.05, 0.1) is 12.1 Å². The molecule has 8 heteroatoms. The molecule has 27 heavy (non-hydrogen) atoms. The van der Waals surface area contributed by atoms with Crippen molar-refractivity contribution in [1.29, 1.82) is 0 Å². The summed E-state index contributed by atoms with van der Waals surface area (Å²) in [5.74, 6) is -0.690. The highest BCUT2D eigenvalue weighted by Gasteiger charge is 2.35. The Labute approximate surface area is 157 Å². The van der Waals surface area contributed by atoms with Gasteiger partial charge in [0, 0.05) is 19.2 Å². The number of hydrogen-bond acceptors (Lipinski definition) is 5. The van der Waals surface area contributed by atoms with Crippen molar-refractivity contribution in [3.05, 3.63) is 35.4 Å². The molecule has 0 spiro atoms. The topological polar surface area (TPSA) is 69.1 Å². The van der Waals surface area contributed by atoms with Crippen LogP contribution in [0, 0.1) is 23.5 Å². The Hall–Kier alpha value is -1.93. The Morgan fingerprint density at radius 3 is 2.74 bits per heavy atom. The summed E-state index contributed by atoms with van der Waals surface area (Å²) in [5, 5.41) is 14.7. The third-order valence-electron chi connectivity index (χ3n) is 5.76. The number of amides is 1. The smallest absolute Gasteiger partial charge is 0.225 e. The lowest BCUT2D eigenvalue weighted by Gasteiger charge is -2.34. The maximum Gasteiger partial charge on any atom is 0.225 e. The lowest BCUT2D eigenvalue weighted by molar-refractivity contribution is -0.128. The van der Waals surface area contributed by atoms with Gasteiger partial charge in [-0.15, -0.1) is 0 Å². The highest BCUT2D eigenvalue weighted by atomic mass is 19.1. The maximum atomic E-state index is 13.3. The van der Waals surface area contributed by atoms with Crippen LogP contribution in [0.25, 0.3) is 0 Å². The lowest BCUT2D eigenvalue weighted by atomic mass is 9.90. The van der Waals surface area contributed by atoms with Crippen LogP contribution in [-0.4, -0.2) is 42.9 Å². The molecule has 0 bridgehead atoms. The molecule has 0 radical (unpaired) electrons. The zero-order valence-corrected chi connectivity index (χ0v) is 15.2. The van der Waals surface area contributed by atoms with Gasteiger partial charge in [-0.25, -0.2) is 8.78 Å². The van der Waals surface area contributed by atoms with Gasteiger partial charge in [0.25, 0.3) is 0 Å². The molecule has 3 aliphatic rings. The lowest BCUT2D eigenvalue weighted by Crippen LogP contribution is -2.54. The van der Waals surface area contributed by atoms with Crippen LogP contribution in [0.3, 0.4) is 0 Å². The Morgan fingerprint density at radius 1 is 1.19 bits per heavy atom. The zero-order valence-electron chi connectivity index (χ0n) is 15.2. The van der Waals surface area contributed by atoms with E-state index in [2.05, 4.69) is 25.8 Å². The first-order chi connectivity index (χ1) is 13.1. The van der Waals surface area contributed by atoms with Crippen molar-refractivity contribution >= 4 is 5.91 Å². The van der Waals surface area contributed by atoms with Crippen molar-refractivity contribution in [2.24, 2.45) is 22.1 Å². The Bertz CT molecular complexity index is 700. The molecule has 3 heterocycles. The molecule has 2 fully saturated rings. The summed E-state index contributed by atoms with van der Waals surface area (Å²) >= 11 is 0. The van der Waals surface area contributed by atoms with Gasteiger partial charge < -0.3 is 5.32 Å². The van der Waals surface area contributed by atoms with E-state index in [1.165, 1.54) is 12.1 Å². The Morgan fingerprint density at radius 2 is 2.00 bits per heavy atom. The van der Waals surface area contributed by atoms with Gasteiger partial charge in [0.15, 0.2) is 0 Å². The molecule has 0 saturated carbocycles. The predicted molar refractivity (Wildman–Crippen MR) is 95.7 cm³/mol. The van der Waals surface area contributed by atoms with Crippen molar-refractivity contribution < 1.29 is 13.6 Å². The number of azo groups is 1. The molecule has 4 atom stereocenters. The molecule has 4 unspecified atom stereocenters. The minimum atomic E-state index is -0.535. The monoisotopic (exact) mass is 377 g/mol. The summed E-state index contributed by atoms with van der Waals surface area (Å²) in [6, 6.07) is 3.68. The SMILES string of the molecule is O=C(NC1CCC(Cc2cc(F)cc(F)c2)CN1)C1CCC2N=NCN2C1. The van der Waals surface area contributed by atoms with Gasteiger partial charge in [-0.2, -0.15) is 10.2 Å². The minimum Gasteiger partial charge on any atom is -0.340 e. The number of fused-ring (bicyclic) bond motifs is 1. The molecule has 0 aliphatic carbocycles. The van der Waals surface area contributed by atoms with Crippen molar-refractivity contribution in [3.8, 4) is 0 Å². The van der Waals surface area contributed by atoms with Gasteiger partial charge in [-0.05, 0) is 55.7 Å². The molecule has 4 rings (SSSR count). The van der Waals surface area contributed by atoms with Crippen LogP contribution in [0.5, 0.6) is 0 Å². The second-order valence-electron chi connectivity index (χ2n) is 7.82. The van der Waals surface area contributed by atoms with Crippen molar-refractivity contribution in [2.75, 3.05) is 19.8 Å². The zero-order chi connectivity index (χ0) is 18.8. The summed E-state index contributed by atoms with van der Waals surface area (Å²) in [6.07, 6.45) is 4.20. The predicted octanol–water partition coefficient (Wildman–Crippen LogP) is 2.41. The summed E-state index contributed by atoms with van der Waals surface area (Å²) in [5.41, 5.74) is 0.681. The van der Waals surface area contributed by atoms with Gasteiger partial charge in [-0.3, -0.25) is 15.0 Å². The van der Waals surface area contributed by atoms with E-state index in [4.69, 9.17) is 0 Å². The fourth-order valence-electron chi connectivity index (χ4n) is 4.30. The maximum absolute atomic E-state index is 13.3. The Balaban J connectivity index is 1.23. The minimum absolute atomic E-state index is 0.0143. The van der Waals surface area contributed by atoms with E-state index in [1.54, 1.807) is 0 Å². The van der Waals surface area contributed by atoms with Crippen LogP contribution >= 0.6 is 0 Å². The van der Waals surface area contributed by atoms with Crippen LogP contribution in [0.4, 0.5) is 8.78 Å². The number of nitrogens with one attached hydrogen (secondary N) is 2. The molecule has 146 valence electrons. The van der Waals surface area contributed by atoms with Crippen molar-refractivity contribution in [1.82, 2.24) is 15.5 Å². The van der Waals surface area contributed by atoms with E-state index in [0.29, 0.717) is 31.1 Å². The normalized spacial score (nSPS) is 30.9. The molecule has 3 aliphatic heterocycles. The summed E-state index contributed by atoms with van der Waals surface area (Å²) in [6.45, 7) is 2.03. The highest BCUT2D eigenvalue weighted by molar-refractivity contribution is 5.79. The molecular formula is C19H25F2N5O.